The maximum absolute atomic E-state index is 12.6. The van der Waals surface area contributed by atoms with Gasteiger partial charge in [0.1, 0.15) is 12.1 Å². The molecule has 1 aromatic carbocycles. The van der Waals surface area contributed by atoms with Gasteiger partial charge in [-0.15, -0.1) is 0 Å². The molecule has 1 aromatic heterocycles. The number of carbonyl (C=O) groups excluding carboxylic acids is 2. The first-order valence-corrected chi connectivity index (χ1v) is 10.2. The van der Waals surface area contributed by atoms with Crippen LogP contribution < -0.4 is 10.6 Å². The summed E-state index contributed by atoms with van der Waals surface area (Å²) in [6.45, 7) is 2.92. The molecule has 9 heteroatoms. The first-order valence-electron chi connectivity index (χ1n) is 10.2. The highest BCUT2D eigenvalue weighted by atomic mass is 16.5. The minimum atomic E-state index is -0.494. The fraction of sp³-hybridized carbons (Fsp3) is 0.409. The number of likely N-dealkylation sites (tertiary alicyclic amines) is 1. The molecule has 2 aromatic rings. The number of amides is 2. The summed E-state index contributed by atoms with van der Waals surface area (Å²) in [7, 11) is 1.63. The number of benzene rings is 1. The second-order valence-corrected chi connectivity index (χ2v) is 7.89. The van der Waals surface area contributed by atoms with Gasteiger partial charge in [-0.05, 0) is 31.9 Å². The minimum absolute atomic E-state index is 0.0235. The molecule has 0 radical (unpaired) electrons. The first-order chi connectivity index (χ1) is 15.0. The lowest BCUT2D eigenvalue weighted by Gasteiger charge is -2.39. The topological polar surface area (TPSA) is 120 Å². The van der Waals surface area contributed by atoms with Gasteiger partial charge in [0.05, 0.1) is 35.4 Å². The molecule has 160 valence electrons. The smallest absolute Gasteiger partial charge is 0.244 e. The van der Waals surface area contributed by atoms with Crippen LogP contribution in [0.4, 0.5) is 11.5 Å². The van der Waals surface area contributed by atoms with E-state index in [1.165, 1.54) is 6.20 Å². The van der Waals surface area contributed by atoms with E-state index in [4.69, 9.17) is 4.74 Å². The molecule has 1 saturated carbocycles. The molecule has 4 rings (SSSR count). The lowest BCUT2D eigenvalue weighted by molar-refractivity contribution is -0.143. The molecule has 9 nitrogen and oxygen atoms in total. The van der Waals surface area contributed by atoms with Crippen LogP contribution in [0.2, 0.25) is 0 Å². The lowest BCUT2D eigenvalue weighted by atomic mass is 10.1. The lowest BCUT2D eigenvalue weighted by Crippen LogP contribution is -2.57. The average molecular weight is 420 g/mol. The molecule has 2 N–H and O–H groups in total. The van der Waals surface area contributed by atoms with E-state index in [0.717, 1.165) is 18.4 Å². The zero-order valence-corrected chi connectivity index (χ0v) is 17.5. The van der Waals surface area contributed by atoms with Gasteiger partial charge in [-0.3, -0.25) is 14.6 Å². The molecule has 0 spiro atoms. The van der Waals surface area contributed by atoms with Crippen LogP contribution in [0.1, 0.15) is 25.3 Å². The van der Waals surface area contributed by atoms with Gasteiger partial charge in [0.2, 0.25) is 11.8 Å². The number of ether oxygens (including phenoxy) is 1. The Kier molecular flexibility index (Phi) is 5.82. The standard InChI is InChI=1S/C22H24N6O3/c1-13(22(30)28-11-17(12-28)31-2)26-18-7-15(5-6-16(18)8-23)19-9-25-20(10-24-19)27-21(29)14-3-4-14/h5-7,9-10,13-14,17,26H,3-4,11-12H2,1-2H3,(H,25,27,29). The van der Waals surface area contributed by atoms with Crippen molar-refractivity contribution in [1.82, 2.24) is 14.9 Å². The molecule has 1 saturated heterocycles. The normalized spacial score (nSPS) is 16.7. The first kappa shape index (κ1) is 20.8. The zero-order chi connectivity index (χ0) is 22.0. The minimum Gasteiger partial charge on any atom is -0.378 e. The average Bonchev–Trinajstić information content (AvgIpc) is 3.59. The number of aromatic nitrogens is 2. The summed E-state index contributed by atoms with van der Waals surface area (Å²) in [5.74, 6) is 0.438. The quantitative estimate of drug-likeness (QED) is 0.703. The Morgan fingerprint density at radius 2 is 2.03 bits per heavy atom. The van der Waals surface area contributed by atoms with Crippen LogP contribution in [-0.4, -0.2) is 59.0 Å². The Bertz CT molecular complexity index is 1020. The fourth-order valence-corrected chi connectivity index (χ4v) is 3.37. The van der Waals surface area contributed by atoms with Crippen molar-refractivity contribution < 1.29 is 14.3 Å². The summed E-state index contributed by atoms with van der Waals surface area (Å²) in [5, 5.41) is 15.4. The number of nitrogens with one attached hydrogen (secondary N) is 2. The van der Waals surface area contributed by atoms with Crippen LogP contribution in [-0.2, 0) is 14.3 Å². The van der Waals surface area contributed by atoms with Crippen molar-refractivity contribution in [3.8, 4) is 17.3 Å². The van der Waals surface area contributed by atoms with Gasteiger partial charge in [0.25, 0.3) is 0 Å². The second kappa shape index (κ2) is 8.70. The van der Waals surface area contributed by atoms with Gasteiger partial charge in [-0.2, -0.15) is 5.26 Å². The van der Waals surface area contributed by atoms with E-state index in [2.05, 4.69) is 26.7 Å². The molecule has 31 heavy (non-hydrogen) atoms. The molecule has 1 aliphatic carbocycles. The molecule has 1 atom stereocenters. The van der Waals surface area contributed by atoms with Gasteiger partial charge >= 0.3 is 0 Å². The number of nitriles is 1. The maximum atomic E-state index is 12.6. The number of anilines is 2. The Morgan fingerprint density at radius 1 is 1.26 bits per heavy atom. The van der Waals surface area contributed by atoms with Crippen LogP contribution in [0, 0.1) is 17.2 Å². The summed E-state index contributed by atoms with van der Waals surface area (Å²) >= 11 is 0. The van der Waals surface area contributed by atoms with Crippen LogP contribution in [0.5, 0.6) is 0 Å². The summed E-state index contributed by atoms with van der Waals surface area (Å²) in [6, 6.07) is 6.90. The third-order valence-electron chi connectivity index (χ3n) is 5.52. The number of rotatable bonds is 7. The molecule has 1 unspecified atom stereocenters. The number of hydrogen-bond donors (Lipinski definition) is 2. The van der Waals surface area contributed by atoms with E-state index in [0.29, 0.717) is 35.9 Å². The Labute approximate surface area is 180 Å². The van der Waals surface area contributed by atoms with Crippen molar-refractivity contribution >= 4 is 23.3 Å². The monoisotopic (exact) mass is 420 g/mol. The van der Waals surface area contributed by atoms with Crippen molar-refractivity contribution in [3.05, 3.63) is 36.2 Å². The summed E-state index contributed by atoms with van der Waals surface area (Å²) in [4.78, 5) is 34.8. The summed E-state index contributed by atoms with van der Waals surface area (Å²) in [5.41, 5.74) is 2.33. The summed E-state index contributed by atoms with van der Waals surface area (Å²) < 4.78 is 5.22. The third kappa shape index (κ3) is 4.64. The van der Waals surface area contributed by atoms with E-state index in [-0.39, 0.29) is 23.8 Å². The van der Waals surface area contributed by atoms with E-state index in [1.54, 1.807) is 43.3 Å². The maximum Gasteiger partial charge on any atom is 0.244 e. The van der Waals surface area contributed by atoms with Gasteiger partial charge in [-0.25, -0.2) is 4.98 Å². The SMILES string of the molecule is COC1CN(C(=O)C(C)Nc2cc(-c3cnc(NC(=O)C4CC4)cn3)ccc2C#N)C1. The highest BCUT2D eigenvalue weighted by molar-refractivity contribution is 5.93. The number of nitrogens with zero attached hydrogens (tertiary/aromatic N) is 4. The molecule has 0 bridgehead atoms. The molecule has 2 aliphatic rings. The molecule has 2 amide bonds. The van der Waals surface area contributed by atoms with E-state index in [9.17, 15) is 14.9 Å². The molecule has 2 fully saturated rings. The van der Waals surface area contributed by atoms with Crippen molar-refractivity contribution in [3.63, 3.8) is 0 Å². The number of carbonyl (C=O) groups is 2. The highest BCUT2D eigenvalue weighted by Gasteiger charge is 2.33. The van der Waals surface area contributed by atoms with E-state index < -0.39 is 6.04 Å². The van der Waals surface area contributed by atoms with Gasteiger partial charge in [0, 0.05) is 31.7 Å². The molecule has 1 aliphatic heterocycles. The van der Waals surface area contributed by atoms with Crippen LogP contribution in [0.3, 0.4) is 0 Å². The largest absolute Gasteiger partial charge is 0.378 e. The highest BCUT2D eigenvalue weighted by Crippen LogP contribution is 2.30. The Balaban J connectivity index is 1.46. The Morgan fingerprint density at radius 3 is 2.65 bits per heavy atom. The van der Waals surface area contributed by atoms with Gasteiger partial charge in [-0.1, -0.05) is 6.07 Å². The van der Waals surface area contributed by atoms with Crippen molar-refractivity contribution in [2.24, 2.45) is 5.92 Å². The third-order valence-corrected chi connectivity index (χ3v) is 5.52. The summed E-state index contributed by atoms with van der Waals surface area (Å²) in [6.07, 6.45) is 5.02. The second-order valence-electron chi connectivity index (χ2n) is 7.89. The number of hydrogen-bond acceptors (Lipinski definition) is 7. The molecular formula is C22H24N6O3. The predicted molar refractivity (Wildman–Crippen MR) is 114 cm³/mol. The predicted octanol–water partition coefficient (Wildman–Crippen LogP) is 2.02. The van der Waals surface area contributed by atoms with Crippen LogP contribution >= 0.6 is 0 Å². The fourth-order valence-electron chi connectivity index (χ4n) is 3.37. The zero-order valence-electron chi connectivity index (χ0n) is 17.5. The van der Waals surface area contributed by atoms with Gasteiger partial charge < -0.3 is 20.3 Å². The molecule has 2 heterocycles. The van der Waals surface area contributed by atoms with E-state index >= 15 is 0 Å². The Hall–Kier alpha value is -3.51. The number of methoxy groups -OCH3 is 1. The molecular weight excluding hydrogens is 396 g/mol. The van der Waals surface area contributed by atoms with Crippen molar-refractivity contribution in [1.29, 1.82) is 5.26 Å². The van der Waals surface area contributed by atoms with Crippen LogP contribution in [0.15, 0.2) is 30.6 Å². The van der Waals surface area contributed by atoms with Crippen molar-refractivity contribution in [2.75, 3.05) is 30.8 Å². The van der Waals surface area contributed by atoms with Crippen molar-refractivity contribution in [2.45, 2.75) is 31.9 Å². The van der Waals surface area contributed by atoms with Crippen LogP contribution in [0.25, 0.3) is 11.3 Å². The van der Waals surface area contributed by atoms with E-state index in [1.807, 2.05) is 0 Å². The van der Waals surface area contributed by atoms with Gasteiger partial charge in [0.15, 0.2) is 5.82 Å².